The predicted octanol–water partition coefficient (Wildman–Crippen LogP) is 4.02. The minimum Gasteiger partial charge on any atom is -0.479 e. The van der Waals surface area contributed by atoms with Gasteiger partial charge in [0.2, 0.25) is 5.91 Å². The van der Waals surface area contributed by atoms with Gasteiger partial charge in [-0.15, -0.1) is 0 Å². The van der Waals surface area contributed by atoms with Crippen molar-refractivity contribution in [1.82, 2.24) is 4.90 Å². The summed E-state index contributed by atoms with van der Waals surface area (Å²) in [5.41, 5.74) is 2.98. The van der Waals surface area contributed by atoms with Crippen molar-refractivity contribution < 1.29 is 23.9 Å². The van der Waals surface area contributed by atoms with Crippen LogP contribution in [0.25, 0.3) is 0 Å². The second-order valence-electron chi connectivity index (χ2n) is 8.81. The molecule has 5 rings (SSSR count). The van der Waals surface area contributed by atoms with Gasteiger partial charge < -0.3 is 15.0 Å². The number of carbonyl (C=O) groups is 4. The average molecular weight is 484 g/mol. The molecule has 8 heteroatoms. The molecule has 1 N–H and O–H groups in total. The average Bonchev–Trinajstić information content (AvgIpc) is 3.12. The maximum atomic E-state index is 12.8. The fourth-order valence-corrected chi connectivity index (χ4v) is 4.48. The zero-order valence-electron chi connectivity index (χ0n) is 19.8. The van der Waals surface area contributed by atoms with Gasteiger partial charge in [-0.3, -0.25) is 24.1 Å². The van der Waals surface area contributed by atoms with Crippen LogP contribution >= 0.6 is 0 Å². The molecule has 8 nitrogen and oxygen atoms in total. The predicted molar refractivity (Wildman–Crippen MR) is 134 cm³/mol. The molecule has 0 radical (unpaired) electrons. The van der Waals surface area contributed by atoms with Crippen molar-refractivity contribution in [2.24, 2.45) is 0 Å². The zero-order valence-corrected chi connectivity index (χ0v) is 19.8. The summed E-state index contributed by atoms with van der Waals surface area (Å²) in [4.78, 5) is 53.1. The van der Waals surface area contributed by atoms with Crippen molar-refractivity contribution in [1.29, 1.82) is 0 Å². The number of benzene rings is 3. The van der Waals surface area contributed by atoms with E-state index >= 15 is 0 Å². The minimum atomic E-state index is -0.646. The third kappa shape index (κ3) is 4.45. The maximum Gasteiger partial charge on any atom is 0.268 e. The van der Waals surface area contributed by atoms with Crippen LogP contribution in [-0.2, 0) is 16.1 Å². The molecule has 0 saturated carbocycles. The van der Waals surface area contributed by atoms with Crippen molar-refractivity contribution >= 4 is 35.0 Å². The highest BCUT2D eigenvalue weighted by atomic mass is 16.5. The number of nitrogens with one attached hydrogen (secondary N) is 1. The molecule has 36 heavy (non-hydrogen) atoms. The normalized spacial score (nSPS) is 16.5. The number of nitrogens with zero attached hydrogens (tertiary/aromatic N) is 2. The number of ether oxygens (including phenoxy) is 1. The summed E-state index contributed by atoms with van der Waals surface area (Å²) in [6, 6.07) is 21.6. The number of imide groups is 1. The fraction of sp³-hybridized carbons (Fsp3) is 0.214. The molecule has 0 aliphatic carbocycles. The number of rotatable bonds is 7. The third-order valence-electron chi connectivity index (χ3n) is 6.30. The topological polar surface area (TPSA) is 96.0 Å². The van der Waals surface area contributed by atoms with E-state index in [1.807, 2.05) is 30.3 Å². The van der Waals surface area contributed by atoms with E-state index in [4.69, 9.17) is 4.74 Å². The molecule has 0 spiro atoms. The highest BCUT2D eigenvalue weighted by molar-refractivity contribution is 6.21. The van der Waals surface area contributed by atoms with E-state index in [0.717, 1.165) is 5.56 Å². The molecule has 4 amide bonds. The van der Waals surface area contributed by atoms with Crippen molar-refractivity contribution in [3.8, 4) is 5.75 Å². The Morgan fingerprint density at radius 2 is 1.56 bits per heavy atom. The number of carbonyl (C=O) groups excluding carboxylic acids is 4. The molecule has 0 aromatic heterocycles. The minimum absolute atomic E-state index is 0.128. The molecular weight excluding hydrogens is 458 g/mol. The number of hydrogen-bond acceptors (Lipinski definition) is 5. The van der Waals surface area contributed by atoms with Crippen LogP contribution in [0.15, 0.2) is 72.8 Å². The van der Waals surface area contributed by atoms with Gasteiger partial charge >= 0.3 is 0 Å². The second-order valence-corrected chi connectivity index (χ2v) is 8.81. The summed E-state index contributed by atoms with van der Waals surface area (Å²) in [7, 11) is 0. The monoisotopic (exact) mass is 483 g/mol. The van der Waals surface area contributed by atoms with E-state index in [2.05, 4.69) is 5.32 Å². The van der Waals surface area contributed by atoms with Crippen LogP contribution in [0.3, 0.4) is 0 Å². The Hall–Kier alpha value is -4.46. The first-order valence-corrected chi connectivity index (χ1v) is 11.8. The van der Waals surface area contributed by atoms with E-state index < -0.39 is 6.10 Å². The fourth-order valence-electron chi connectivity index (χ4n) is 4.48. The van der Waals surface area contributed by atoms with Crippen LogP contribution in [0, 0.1) is 0 Å². The number of fused-ring (bicyclic) bond motifs is 2. The van der Waals surface area contributed by atoms with Gasteiger partial charge in [0.15, 0.2) is 6.10 Å². The summed E-state index contributed by atoms with van der Waals surface area (Å²) in [5.74, 6) is -0.510. The number of anilines is 2. The highest BCUT2D eigenvalue weighted by Gasteiger charge is 2.35. The van der Waals surface area contributed by atoms with Gasteiger partial charge in [-0.05, 0) is 43.2 Å². The van der Waals surface area contributed by atoms with Gasteiger partial charge in [0.1, 0.15) is 5.75 Å². The Morgan fingerprint density at radius 1 is 0.889 bits per heavy atom. The Kier molecular flexibility index (Phi) is 6.25. The van der Waals surface area contributed by atoms with Gasteiger partial charge in [-0.25, -0.2) is 0 Å². The second kappa shape index (κ2) is 9.65. The largest absolute Gasteiger partial charge is 0.479 e. The molecule has 3 aromatic carbocycles. The van der Waals surface area contributed by atoms with E-state index in [0.29, 0.717) is 41.2 Å². The lowest BCUT2D eigenvalue weighted by Gasteiger charge is -2.33. The first-order valence-electron chi connectivity index (χ1n) is 11.8. The zero-order chi connectivity index (χ0) is 25.2. The van der Waals surface area contributed by atoms with E-state index in [1.165, 1.54) is 4.90 Å². The molecule has 182 valence electrons. The van der Waals surface area contributed by atoms with Crippen LogP contribution in [0.4, 0.5) is 11.4 Å². The van der Waals surface area contributed by atoms with Crippen LogP contribution < -0.4 is 15.0 Å². The molecule has 0 fully saturated rings. The Labute approximate surface area is 208 Å². The first-order chi connectivity index (χ1) is 17.4. The molecule has 1 atom stereocenters. The summed E-state index contributed by atoms with van der Waals surface area (Å²) in [5, 5.41) is 2.84. The highest BCUT2D eigenvalue weighted by Crippen LogP contribution is 2.37. The van der Waals surface area contributed by atoms with Crippen LogP contribution in [0.1, 0.15) is 46.0 Å². The van der Waals surface area contributed by atoms with Crippen molar-refractivity contribution in [2.75, 3.05) is 16.8 Å². The van der Waals surface area contributed by atoms with Gasteiger partial charge in [0, 0.05) is 24.7 Å². The smallest absolute Gasteiger partial charge is 0.268 e. The summed E-state index contributed by atoms with van der Waals surface area (Å²) in [6.07, 6.45) is -0.165. The van der Waals surface area contributed by atoms with Crippen molar-refractivity contribution in [3.63, 3.8) is 0 Å². The molecule has 3 aromatic rings. The standard InChI is InChI=1S/C28H25N3O5/c1-18-26(33)31(17-19-8-3-2-4-9-19)23-14-13-20(16-24(23)36-18)29-25(32)12-7-15-30-27(34)21-10-5-6-11-22(21)28(30)35/h2-6,8-11,13-14,16,18H,7,12,15,17H2,1H3,(H,29,32). The van der Waals surface area contributed by atoms with Gasteiger partial charge in [-0.2, -0.15) is 0 Å². The first kappa shape index (κ1) is 23.3. The van der Waals surface area contributed by atoms with E-state index in [9.17, 15) is 19.2 Å². The van der Waals surface area contributed by atoms with Gasteiger partial charge in [-0.1, -0.05) is 42.5 Å². The van der Waals surface area contributed by atoms with E-state index in [-0.39, 0.29) is 36.6 Å². The van der Waals surface area contributed by atoms with Crippen LogP contribution in [0.2, 0.25) is 0 Å². The van der Waals surface area contributed by atoms with Crippen LogP contribution in [-0.4, -0.2) is 41.2 Å². The SMILES string of the molecule is CC1Oc2cc(NC(=O)CCCN3C(=O)c4ccccc4C3=O)ccc2N(Cc2ccccc2)C1=O. The lowest BCUT2D eigenvalue weighted by molar-refractivity contribution is -0.125. The van der Waals surface area contributed by atoms with Crippen LogP contribution in [0.5, 0.6) is 5.75 Å². The molecule has 0 bridgehead atoms. The lowest BCUT2D eigenvalue weighted by atomic mass is 10.1. The van der Waals surface area contributed by atoms with Crippen molar-refractivity contribution in [2.45, 2.75) is 32.4 Å². The molecule has 0 saturated heterocycles. The Bertz CT molecular complexity index is 1320. The summed E-state index contributed by atoms with van der Waals surface area (Å²) < 4.78 is 5.81. The summed E-state index contributed by atoms with van der Waals surface area (Å²) >= 11 is 0. The molecule has 2 heterocycles. The quantitative estimate of drug-likeness (QED) is 0.512. The van der Waals surface area contributed by atoms with Crippen molar-refractivity contribution in [3.05, 3.63) is 89.5 Å². The summed E-state index contributed by atoms with van der Waals surface area (Å²) in [6.45, 7) is 2.29. The maximum absolute atomic E-state index is 12.8. The molecule has 2 aliphatic rings. The lowest BCUT2D eigenvalue weighted by Crippen LogP contribution is -2.44. The van der Waals surface area contributed by atoms with E-state index in [1.54, 1.807) is 54.3 Å². The van der Waals surface area contributed by atoms with Gasteiger partial charge in [0.25, 0.3) is 17.7 Å². The molecule has 1 unspecified atom stereocenters. The van der Waals surface area contributed by atoms with Gasteiger partial charge in [0.05, 0.1) is 23.4 Å². The Morgan fingerprint density at radius 3 is 2.25 bits per heavy atom. The molecular formula is C28H25N3O5. The Balaban J connectivity index is 1.21. The number of hydrogen-bond donors (Lipinski definition) is 1. The number of amides is 4. The molecule has 2 aliphatic heterocycles. The third-order valence-corrected chi connectivity index (χ3v) is 6.30.